The maximum atomic E-state index is 11.5. The number of rotatable bonds is 4. The molecular formula is C15H10MgO4. The zero-order valence-electron chi connectivity index (χ0n) is 10.6. The Morgan fingerprint density at radius 3 is 1.25 bits per heavy atom. The Morgan fingerprint density at radius 2 is 1.00 bits per heavy atom. The number of hydrogen-bond acceptors (Lipinski definition) is 4. The Morgan fingerprint density at radius 1 is 0.700 bits per heavy atom. The number of aliphatic carboxylic acids is 2. The maximum Gasteiger partial charge on any atom is 2.00 e. The number of hydrogen-bond donors (Lipinski definition) is 0. The fourth-order valence-electron chi connectivity index (χ4n) is 2.10. The molecule has 0 unspecified atom stereocenters. The van der Waals surface area contributed by atoms with E-state index in [4.69, 9.17) is 0 Å². The van der Waals surface area contributed by atoms with Crippen molar-refractivity contribution >= 4 is 35.0 Å². The zero-order chi connectivity index (χ0) is 13.9. The third-order valence-corrected chi connectivity index (χ3v) is 3.03. The van der Waals surface area contributed by atoms with Crippen molar-refractivity contribution in [2.75, 3.05) is 0 Å². The molecule has 96 valence electrons. The van der Waals surface area contributed by atoms with Crippen LogP contribution in [0.3, 0.4) is 0 Å². The van der Waals surface area contributed by atoms with E-state index in [-0.39, 0.29) is 34.2 Å². The summed E-state index contributed by atoms with van der Waals surface area (Å²) in [6, 6.07) is 15.3. The van der Waals surface area contributed by atoms with Crippen LogP contribution in [0.4, 0.5) is 0 Å². The van der Waals surface area contributed by atoms with E-state index in [0.717, 1.165) is 0 Å². The topological polar surface area (TPSA) is 80.3 Å². The van der Waals surface area contributed by atoms with Gasteiger partial charge in [-0.25, -0.2) is 0 Å². The minimum absolute atomic E-state index is 0. The number of benzene rings is 2. The summed E-state index contributed by atoms with van der Waals surface area (Å²) >= 11 is 0. The van der Waals surface area contributed by atoms with Crippen LogP contribution >= 0.6 is 0 Å². The molecule has 0 fully saturated rings. The molecule has 20 heavy (non-hydrogen) atoms. The number of carboxylic acid groups (broad SMARTS) is 2. The Kier molecular flexibility index (Phi) is 5.30. The van der Waals surface area contributed by atoms with Gasteiger partial charge in [0.15, 0.2) is 0 Å². The first-order valence-corrected chi connectivity index (χ1v) is 5.64. The summed E-state index contributed by atoms with van der Waals surface area (Å²) in [5.41, 5.74) is -2.11. The molecule has 0 saturated heterocycles. The summed E-state index contributed by atoms with van der Waals surface area (Å²) in [6.45, 7) is 0. The van der Waals surface area contributed by atoms with E-state index < -0.39 is 17.4 Å². The van der Waals surface area contributed by atoms with Gasteiger partial charge in [-0.05, 0) is 11.1 Å². The predicted octanol–water partition coefficient (Wildman–Crippen LogP) is -0.908. The summed E-state index contributed by atoms with van der Waals surface area (Å²) in [5, 5.41) is 23.1. The third kappa shape index (κ3) is 2.55. The van der Waals surface area contributed by atoms with Gasteiger partial charge in [0.1, 0.15) is 0 Å². The Labute approximate surface area is 132 Å². The number of carbonyl (C=O) groups excluding carboxylic acids is 2. The molecule has 4 nitrogen and oxygen atoms in total. The quantitative estimate of drug-likeness (QED) is 0.536. The zero-order valence-corrected chi connectivity index (χ0v) is 12.0. The molecule has 0 aliphatic heterocycles. The van der Waals surface area contributed by atoms with Crippen LogP contribution in [0.1, 0.15) is 11.1 Å². The van der Waals surface area contributed by atoms with Crippen molar-refractivity contribution in [1.82, 2.24) is 0 Å². The predicted molar refractivity (Wildman–Crippen MR) is 69.4 cm³/mol. The molecule has 2 aromatic rings. The van der Waals surface area contributed by atoms with Crippen molar-refractivity contribution in [2.45, 2.75) is 5.41 Å². The van der Waals surface area contributed by atoms with Crippen LogP contribution in [0, 0.1) is 0 Å². The van der Waals surface area contributed by atoms with E-state index in [1.54, 1.807) is 36.4 Å². The van der Waals surface area contributed by atoms with E-state index in [2.05, 4.69) is 0 Å². The monoisotopic (exact) mass is 278 g/mol. The van der Waals surface area contributed by atoms with Gasteiger partial charge in [-0.15, -0.1) is 0 Å². The van der Waals surface area contributed by atoms with Crippen LogP contribution in [-0.2, 0) is 15.0 Å². The third-order valence-electron chi connectivity index (χ3n) is 3.03. The molecular weight excluding hydrogens is 268 g/mol. The van der Waals surface area contributed by atoms with Crippen molar-refractivity contribution < 1.29 is 19.8 Å². The van der Waals surface area contributed by atoms with Crippen molar-refractivity contribution in [3.05, 3.63) is 71.8 Å². The standard InChI is InChI=1S/C15H12O4.Mg/c16-13(17)15(14(18)19,11-7-3-1-4-8-11)12-9-5-2-6-10-12;/h1-10H,(H,16,17)(H,18,19);/q;+2/p-2. The van der Waals surface area contributed by atoms with Crippen LogP contribution in [0.2, 0.25) is 0 Å². The maximum absolute atomic E-state index is 11.5. The molecule has 2 rings (SSSR count). The van der Waals surface area contributed by atoms with Gasteiger partial charge in [-0.1, -0.05) is 60.7 Å². The summed E-state index contributed by atoms with van der Waals surface area (Å²) in [7, 11) is 0. The summed E-state index contributed by atoms with van der Waals surface area (Å²) in [4.78, 5) is 23.1. The average molecular weight is 279 g/mol. The molecule has 0 spiro atoms. The van der Waals surface area contributed by atoms with E-state index >= 15 is 0 Å². The fourth-order valence-corrected chi connectivity index (χ4v) is 2.10. The first kappa shape index (κ1) is 16.2. The smallest absolute Gasteiger partial charge is 0.548 e. The van der Waals surface area contributed by atoms with E-state index in [1.165, 1.54) is 24.3 Å². The molecule has 0 atom stereocenters. The van der Waals surface area contributed by atoms with Crippen LogP contribution < -0.4 is 10.2 Å². The number of carboxylic acids is 2. The average Bonchev–Trinajstić information content (AvgIpc) is 2.41. The normalized spacial score (nSPS) is 10.4. The summed E-state index contributed by atoms with van der Waals surface area (Å²) < 4.78 is 0. The molecule has 0 aromatic heterocycles. The second-order valence-corrected chi connectivity index (χ2v) is 4.06. The van der Waals surface area contributed by atoms with E-state index in [1.807, 2.05) is 0 Å². The van der Waals surface area contributed by atoms with Crippen LogP contribution in [-0.4, -0.2) is 35.0 Å². The van der Waals surface area contributed by atoms with Gasteiger partial charge in [0.2, 0.25) is 0 Å². The first-order chi connectivity index (χ1) is 9.10. The molecule has 0 amide bonds. The van der Waals surface area contributed by atoms with Crippen molar-refractivity contribution in [3.63, 3.8) is 0 Å². The molecule has 5 heteroatoms. The molecule has 0 heterocycles. The molecule has 2 aromatic carbocycles. The van der Waals surface area contributed by atoms with Gasteiger partial charge in [0.05, 0.1) is 17.4 Å². The largest absolute Gasteiger partial charge is 2.00 e. The molecule has 0 aliphatic carbocycles. The van der Waals surface area contributed by atoms with Gasteiger partial charge >= 0.3 is 23.1 Å². The first-order valence-electron chi connectivity index (χ1n) is 5.64. The molecule has 0 saturated carbocycles. The Bertz CT molecular complexity index is 540. The Hall–Kier alpha value is -1.85. The van der Waals surface area contributed by atoms with Crippen molar-refractivity contribution in [3.8, 4) is 0 Å². The molecule has 0 aliphatic rings. The van der Waals surface area contributed by atoms with Crippen molar-refractivity contribution in [2.24, 2.45) is 0 Å². The van der Waals surface area contributed by atoms with Gasteiger partial charge in [-0.3, -0.25) is 0 Å². The molecule has 0 radical (unpaired) electrons. The van der Waals surface area contributed by atoms with Crippen LogP contribution in [0.5, 0.6) is 0 Å². The number of carbonyl (C=O) groups is 2. The van der Waals surface area contributed by atoms with Gasteiger partial charge in [0.25, 0.3) is 0 Å². The van der Waals surface area contributed by atoms with Crippen molar-refractivity contribution in [1.29, 1.82) is 0 Å². The van der Waals surface area contributed by atoms with Gasteiger partial charge in [-0.2, -0.15) is 0 Å². The fraction of sp³-hybridized carbons (Fsp3) is 0.0667. The van der Waals surface area contributed by atoms with Gasteiger partial charge in [0, 0.05) is 0 Å². The van der Waals surface area contributed by atoms with Gasteiger partial charge < -0.3 is 19.8 Å². The second kappa shape index (κ2) is 6.54. The molecule has 0 bridgehead atoms. The summed E-state index contributed by atoms with van der Waals surface area (Å²) in [6.07, 6.45) is 0. The summed E-state index contributed by atoms with van der Waals surface area (Å²) in [5.74, 6) is -3.44. The van der Waals surface area contributed by atoms with Crippen LogP contribution in [0.15, 0.2) is 60.7 Å². The second-order valence-electron chi connectivity index (χ2n) is 4.06. The van der Waals surface area contributed by atoms with E-state index in [9.17, 15) is 19.8 Å². The minimum Gasteiger partial charge on any atom is -0.548 e. The Balaban J connectivity index is 0.00000200. The van der Waals surface area contributed by atoms with Crippen LogP contribution in [0.25, 0.3) is 0 Å². The van der Waals surface area contributed by atoms with E-state index in [0.29, 0.717) is 0 Å². The SMILES string of the molecule is O=C([O-])C(C(=O)[O-])(c1ccccc1)c1ccccc1.[Mg+2]. The molecule has 0 N–H and O–H groups in total. The minimum atomic E-state index is -2.30.